The Morgan fingerprint density at radius 1 is 1.21 bits per heavy atom. The van der Waals surface area contributed by atoms with Crippen LogP contribution in [0.5, 0.6) is 0 Å². The molecule has 0 bridgehead atoms. The van der Waals surface area contributed by atoms with E-state index in [1.165, 1.54) is 16.4 Å². The minimum Gasteiger partial charge on any atom is -0.322 e. The summed E-state index contributed by atoms with van der Waals surface area (Å²) in [6.07, 6.45) is 1.48. The van der Waals surface area contributed by atoms with E-state index in [9.17, 15) is 13.2 Å². The molecule has 1 N–H and O–H groups in total. The summed E-state index contributed by atoms with van der Waals surface area (Å²) >= 11 is 0. The highest BCUT2D eigenvalue weighted by Gasteiger charge is 2.28. The Morgan fingerprint density at radius 3 is 2.46 bits per heavy atom. The van der Waals surface area contributed by atoms with E-state index in [1.807, 2.05) is 13.8 Å². The fourth-order valence-corrected chi connectivity index (χ4v) is 4.08. The van der Waals surface area contributed by atoms with Gasteiger partial charge in [-0.3, -0.25) is 4.79 Å². The minimum absolute atomic E-state index is 0.211. The Bertz CT molecular complexity index is 716. The second-order valence-electron chi connectivity index (χ2n) is 6.08. The fraction of sp³-hybridized carbons (Fsp3) is 0.471. The van der Waals surface area contributed by atoms with Crippen LogP contribution in [-0.4, -0.2) is 56.3 Å². The zero-order valence-corrected chi connectivity index (χ0v) is 15.3. The summed E-state index contributed by atoms with van der Waals surface area (Å²) in [7, 11) is -3.54. The van der Waals surface area contributed by atoms with E-state index in [0.29, 0.717) is 18.8 Å². The number of amides is 1. The van der Waals surface area contributed by atoms with Gasteiger partial charge in [-0.1, -0.05) is 18.6 Å². The first-order chi connectivity index (χ1) is 11.3. The highest BCUT2D eigenvalue weighted by atomic mass is 32.2. The summed E-state index contributed by atoms with van der Waals surface area (Å²) in [4.78, 5) is 14.2. The molecular weight excluding hydrogens is 326 g/mol. The quantitative estimate of drug-likeness (QED) is 0.823. The molecule has 1 aromatic rings. The van der Waals surface area contributed by atoms with Crippen LogP contribution in [0.4, 0.5) is 5.69 Å². The molecule has 0 spiro atoms. The van der Waals surface area contributed by atoms with Crippen molar-refractivity contribution in [3.8, 4) is 0 Å². The average molecular weight is 351 g/mol. The molecule has 7 heteroatoms. The van der Waals surface area contributed by atoms with Gasteiger partial charge in [0.25, 0.3) is 0 Å². The van der Waals surface area contributed by atoms with Gasteiger partial charge in [0.1, 0.15) is 0 Å². The molecule has 1 saturated heterocycles. The van der Waals surface area contributed by atoms with Crippen molar-refractivity contribution >= 4 is 21.6 Å². The number of benzene rings is 1. The minimum atomic E-state index is -3.54. The molecule has 132 valence electrons. The molecule has 0 atom stereocenters. The monoisotopic (exact) mass is 351 g/mol. The number of hydrogen-bond donors (Lipinski definition) is 1. The van der Waals surface area contributed by atoms with Crippen molar-refractivity contribution in [3.63, 3.8) is 0 Å². The van der Waals surface area contributed by atoms with E-state index in [0.717, 1.165) is 25.2 Å². The molecule has 2 rings (SSSR count). The van der Waals surface area contributed by atoms with Crippen LogP contribution in [0.3, 0.4) is 0 Å². The third kappa shape index (κ3) is 4.66. The van der Waals surface area contributed by atoms with Crippen molar-refractivity contribution < 1.29 is 13.2 Å². The lowest BCUT2D eigenvalue weighted by Crippen LogP contribution is -2.48. The number of likely N-dealkylation sites (N-methyl/N-ethyl adjacent to an activating group) is 1. The third-order valence-electron chi connectivity index (χ3n) is 3.94. The Balaban J connectivity index is 2.15. The predicted octanol–water partition coefficient (Wildman–Crippen LogP) is 1.92. The number of nitrogens with zero attached hydrogens (tertiary/aromatic N) is 2. The van der Waals surface area contributed by atoms with E-state index in [4.69, 9.17) is 0 Å². The summed E-state index contributed by atoms with van der Waals surface area (Å²) < 4.78 is 27.1. The number of nitrogens with one attached hydrogen (secondary N) is 1. The molecule has 24 heavy (non-hydrogen) atoms. The maximum absolute atomic E-state index is 12.8. The lowest BCUT2D eigenvalue weighted by Gasteiger charge is -2.33. The van der Waals surface area contributed by atoms with E-state index < -0.39 is 10.0 Å². The van der Waals surface area contributed by atoms with Crippen LogP contribution in [0, 0.1) is 0 Å². The summed E-state index contributed by atoms with van der Waals surface area (Å²) in [6.45, 7) is 9.13. The number of carbonyl (C=O) groups is 1. The lowest BCUT2D eigenvalue weighted by atomic mass is 10.3. The maximum Gasteiger partial charge on any atom is 0.248 e. The molecule has 1 amide bonds. The van der Waals surface area contributed by atoms with E-state index in [-0.39, 0.29) is 10.8 Å². The van der Waals surface area contributed by atoms with Crippen LogP contribution >= 0.6 is 0 Å². The van der Waals surface area contributed by atoms with Gasteiger partial charge < -0.3 is 10.2 Å². The van der Waals surface area contributed by atoms with Crippen molar-refractivity contribution in [1.29, 1.82) is 0 Å². The van der Waals surface area contributed by atoms with Crippen LogP contribution in [0.25, 0.3) is 0 Å². The molecule has 1 aliphatic rings. The fourth-order valence-electron chi connectivity index (χ4n) is 2.61. The number of allylic oxidation sites excluding steroid dienone is 1. The van der Waals surface area contributed by atoms with Gasteiger partial charge in [0, 0.05) is 37.9 Å². The first-order valence-electron chi connectivity index (χ1n) is 8.11. The van der Waals surface area contributed by atoms with Crippen LogP contribution in [0.15, 0.2) is 40.8 Å². The zero-order chi connectivity index (χ0) is 17.7. The van der Waals surface area contributed by atoms with Gasteiger partial charge in [0.2, 0.25) is 15.9 Å². The smallest absolute Gasteiger partial charge is 0.248 e. The Hall–Kier alpha value is -1.70. The summed E-state index contributed by atoms with van der Waals surface area (Å²) in [5.41, 5.74) is 1.36. The van der Waals surface area contributed by atoms with Gasteiger partial charge in [-0.2, -0.15) is 4.31 Å². The predicted molar refractivity (Wildman–Crippen MR) is 95.4 cm³/mol. The van der Waals surface area contributed by atoms with Crippen molar-refractivity contribution in [2.24, 2.45) is 0 Å². The molecule has 1 aromatic carbocycles. The molecular formula is C17H25N3O3S. The second-order valence-corrected chi connectivity index (χ2v) is 8.02. The molecule has 0 aromatic heterocycles. The molecule has 1 heterocycles. The van der Waals surface area contributed by atoms with Gasteiger partial charge in [0.15, 0.2) is 0 Å². The lowest BCUT2D eigenvalue weighted by molar-refractivity contribution is -0.111. The Labute approximate surface area is 144 Å². The van der Waals surface area contributed by atoms with Crippen molar-refractivity contribution in [2.45, 2.75) is 25.7 Å². The molecule has 0 saturated carbocycles. The van der Waals surface area contributed by atoms with Crippen molar-refractivity contribution in [2.75, 3.05) is 38.0 Å². The Morgan fingerprint density at radius 2 is 1.88 bits per heavy atom. The van der Waals surface area contributed by atoms with E-state index >= 15 is 0 Å². The normalized spacial score (nSPS) is 16.6. The molecule has 1 fully saturated rings. The van der Waals surface area contributed by atoms with Crippen molar-refractivity contribution in [1.82, 2.24) is 9.21 Å². The maximum atomic E-state index is 12.8. The van der Waals surface area contributed by atoms with Crippen LogP contribution in [-0.2, 0) is 14.8 Å². The molecule has 0 radical (unpaired) electrons. The Kier molecular flexibility index (Phi) is 6.15. The van der Waals surface area contributed by atoms with Crippen LogP contribution in [0.2, 0.25) is 0 Å². The van der Waals surface area contributed by atoms with E-state index in [1.54, 1.807) is 18.2 Å². The highest BCUT2D eigenvalue weighted by Crippen LogP contribution is 2.21. The summed E-state index contributed by atoms with van der Waals surface area (Å²) in [5.74, 6) is -0.263. The van der Waals surface area contributed by atoms with Gasteiger partial charge >= 0.3 is 0 Å². The van der Waals surface area contributed by atoms with Crippen LogP contribution in [0.1, 0.15) is 20.8 Å². The summed E-state index contributed by atoms with van der Waals surface area (Å²) in [5, 5.41) is 2.70. The summed E-state index contributed by atoms with van der Waals surface area (Å²) in [6, 6.07) is 6.41. The zero-order valence-electron chi connectivity index (χ0n) is 14.4. The van der Waals surface area contributed by atoms with Gasteiger partial charge in [-0.25, -0.2) is 8.42 Å². The average Bonchev–Trinajstić information content (AvgIpc) is 2.54. The SMILES string of the molecule is CCN1CCN(S(=O)(=O)c2cccc(NC(=O)C=C(C)C)c2)CC1. The largest absolute Gasteiger partial charge is 0.322 e. The van der Waals surface area contributed by atoms with Gasteiger partial charge in [-0.15, -0.1) is 0 Å². The number of sulfonamides is 1. The molecule has 1 aliphatic heterocycles. The second kappa shape index (κ2) is 7.92. The number of carbonyl (C=O) groups excluding carboxylic acids is 1. The number of rotatable bonds is 5. The molecule has 6 nitrogen and oxygen atoms in total. The van der Waals surface area contributed by atoms with Crippen molar-refractivity contribution in [3.05, 3.63) is 35.9 Å². The first kappa shape index (κ1) is 18.6. The van der Waals surface area contributed by atoms with Gasteiger partial charge in [0.05, 0.1) is 4.90 Å². The van der Waals surface area contributed by atoms with Gasteiger partial charge in [-0.05, 0) is 38.6 Å². The third-order valence-corrected chi connectivity index (χ3v) is 5.83. The number of hydrogen-bond acceptors (Lipinski definition) is 4. The molecule has 0 unspecified atom stereocenters. The van der Waals surface area contributed by atoms with E-state index in [2.05, 4.69) is 17.1 Å². The first-order valence-corrected chi connectivity index (χ1v) is 9.55. The standard InChI is InChI=1S/C17H25N3O3S/c1-4-19-8-10-20(11-9-19)24(22,23)16-7-5-6-15(13-16)18-17(21)12-14(2)3/h5-7,12-13H,4,8-11H2,1-3H3,(H,18,21). The molecule has 0 aliphatic carbocycles. The van der Waals surface area contributed by atoms with Crippen LogP contribution < -0.4 is 5.32 Å². The number of anilines is 1. The topological polar surface area (TPSA) is 69.7 Å². The number of piperazine rings is 1. The highest BCUT2D eigenvalue weighted by molar-refractivity contribution is 7.89.